The number of nitrogens with zero attached hydrogens (tertiary/aromatic N) is 3. The summed E-state index contributed by atoms with van der Waals surface area (Å²) in [5.74, 6) is 0.448. The van der Waals surface area contributed by atoms with E-state index in [0.717, 1.165) is 76.4 Å². The molecule has 3 atom stereocenters. The molecule has 0 radical (unpaired) electrons. The Morgan fingerprint density at radius 2 is 2.00 bits per heavy atom. The molecular formula is C27H42N5O2+. The Morgan fingerprint density at radius 1 is 1.24 bits per heavy atom. The Bertz CT molecular complexity index is 1020. The quantitative estimate of drug-likeness (QED) is 0.640. The van der Waals surface area contributed by atoms with Crippen LogP contribution in [0.3, 0.4) is 0 Å². The number of morpholine rings is 1. The van der Waals surface area contributed by atoms with Crippen LogP contribution in [0.15, 0.2) is 18.2 Å². The molecule has 2 aliphatic heterocycles. The molecule has 7 nitrogen and oxygen atoms in total. The topological polar surface area (TPSA) is 60.6 Å². The van der Waals surface area contributed by atoms with Crippen molar-refractivity contribution in [1.29, 1.82) is 0 Å². The first kappa shape index (κ1) is 23.6. The maximum Gasteiger partial charge on any atom is 0.317 e. The minimum atomic E-state index is 0.0746. The lowest BCUT2D eigenvalue weighted by atomic mass is 9.73. The molecule has 0 saturated carbocycles. The molecular weight excluding hydrogens is 426 g/mol. The molecule has 0 bridgehead atoms. The maximum atomic E-state index is 12.8. The zero-order chi connectivity index (χ0) is 23.9. The summed E-state index contributed by atoms with van der Waals surface area (Å²) in [5.41, 5.74) is 5.69. The number of aromatic nitrogens is 1. The van der Waals surface area contributed by atoms with Gasteiger partial charge in [0.25, 0.3) is 0 Å². The number of quaternary nitrogens is 1. The molecule has 2 aromatic rings. The maximum absolute atomic E-state index is 12.8. The summed E-state index contributed by atoms with van der Waals surface area (Å²) in [7, 11) is 2.37. The standard InChI is InChI=1S/C27H41N5O2/c1-5-30(6-2)27(33)28-19-15-21-20-9-8-10-23-26(20)22(16-25(21)31(7-3)17-19)24(29-23)18-32(4)11-13-34-14-12-32/h8-10,19,21,25,29H,5-7,11-18H2,1-4H3/p+1/t19-,21+,25+/m0/s1. The van der Waals surface area contributed by atoms with E-state index in [-0.39, 0.29) is 12.1 Å². The van der Waals surface area contributed by atoms with Gasteiger partial charge in [-0.25, -0.2) is 4.79 Å². The second-order valence-electron chi connectivity index (χ2n) is 10.7. The van der Waals surface area contributed by atoms with Gasteiger partial charge in [0.2, 0.25) is 0 Å². The monoisotopic (exact) mass is 468 g/mol. The summed E-state index contributed by atoms with van der Waals surface area (Å²) in [6.07, 6.45) is 2.11. The number of rotatable bonds is 6. The molecule has 1 aromatic carbocycles. The van der Waals surface area contributed by atoms with Crippen LogP contribution >= 0.6 is 0 Å². The van der Waals surface area contributed by atoms with E-state index in [0.29, 0.717) is 12.0 Å². The number of fused-ring (bicyclic) bond motifs is 2. The minimum Gasteiger partial charge on any atom is -0.370 e. The molecule has 186 valence electrons. The third-order valence-electron chi connectivity index (χ3n) is 8.66. The Hall–Kier alpha value is -2.09. The van der Waals surface area contributed by atoms with Crippen LogP contribution in [-0.2, 0) is 17.7 Å². The van der Waals surface area contributed by atoms with Crippen molar-refractivity contribution in [3.63, 3.8) is 0 Å². The predicted molar refractivity (Wildman–Crippen MR) is 136 cm³/mol. The van der Waals surface area contributed by atoms with Gasteiger partial charge in [-0.3, -0.25) is 4.90 Å². The van der Waals surface area contributed by atoms with Gasteiger partial charge in [0.05, 0.1) is 26.0 Å². The predicted octanol–water partition coefficient (Wildman–Crippen LogP) is 3.30. The van der Waals surface area contributed by atoms with Crippen molar-refractivity contribution in [3.05, 3.63) is 35.0 Å². The number of ether oxygens (including phenoxy) is 1. The second kappa shape index (κ2) is 9.51. The van der Waals surface area contributed by atoms with Gasteiger partial charge in [-0.15, -0.1) is 0 Å². The van der Waals surface area contributed by atoms with Crippen LogP contribution in [0, 0.1) is 0 Å². The molecule has 2 amide bonds. The zero-order valence-corrected chi connectivity index (χ0v) is 21.4. The van der Waals surface area contributed by atoms with E-state index in [9.17, 15) is 4.79 Å². The summed E-state index contributed by atoms with van der Waals surface area (Å²) >= 11 is 0. The van der Waals surface area contributed by atoms with Crippen LogP contribution in [0.2, 0.25) is 0 Å². The molecule has 2 N–H and O–H groups in total. The number of carbonyl (C=O) groups is 1. The van der Waals surface area contributed by atoms with E-state index in [4.69, 9.17) is 4.74 Å². The summed E-state index contributed by atoms with van der Waals surface area (Å²) < 4.78 is 6.69. The highest BCUT2D eigenvalue weighted by Crippen LogP contribution is 2.45. The lowest BCUT2D eigenvalue weighted by molar-refractivity contribution is -0.929. The summed E-state index contributed by atoms with van der Waals surface area (Å²) in [4.78, 5) is 21.2. The smallest absolute Gasteiger partial charge is 0.317 e. The Kier molecular flexibility index (Phi) is 6.62. The van der Waals surface area contributed by atoms with Crippen LogP contribution in [0.5, 0.6) is 0 Å². The van der Waals surface area contributed by atoms with Gasteiger partial charge < -0.3 is 24.4 Å². The molecule has 1 aliphatic carbocycles. The number of hydrogen-bond donors (Lipinski definition) is 2. The molecule has 3 heterocycles. The van der Waals surface area contributed by atoms with Crippen LogP contribution in [-0.4, -0.2) is 96.9 Å². The van der Waals surface area contributed by atoms with Crippen molar-refractivity contribution in [2.75, 3.05) is 59.5 Å². The Morgan fingerprint density at radius 3 is 2.71 bits per heavy atom. The number of likely N-dealkylation sites (N-methyl/N-ethyl adjacent to an activating group) is 2. The number of hydrogen-bond acceptors (Lipinski definition) is 3. The van der Waals surface area contributed by atoms with E-state index < -0.39 is 0 Å². The number of aromatic amines is 1. The van der Waals surface area contributed by atoms with Crippen molar-refractivity contribution in [2.24, 2.45) is 0 Å². The van der Waals surface area contributed by atoms with Gasteiger partial charge in [-0.05, 0) is 50.4 Å². The normalized spacial score (nSPS) is 26.3. The highest BCUT2D eigenvalue weighted by atomic mass is 16.5. The fourth-order valence-electron chi connectivity index (χ4n) is 6.66. The first-order chi connectivity index (χ1) is 16.5. The van der Waals surface area contributed by atoms with Crippen LogP contribution in [0.1, 0.15) is 49.9 Å². The molecule has 3 aliphatic rings. The Labute approximate surface area is 204 Å². The number of piperidine rings is 1. The average molecular weight is 469 g/mol. The second-order valence-corrected chi connectivity index (χ2v) is 10.7. The lowest BCUT2D eigenvalue weighted by Gasteiger charge is -2.47. The average Bonchev–Trinajstić information content (AvgIpc) is 3.17. The third-order valence-corrected chi connectivity index (χ3v) is 8.66. The lowest BCUT2D eigenvalue weighted by Crippen LogP contribution is -2.57. The first-order valence-corrected chi connectivity index (χ1v) is 13.3. The van der Waals surface area contributed by atoms with Gasteiger partial charge in [0.1, 0.15) is 19.6 Å². The largest absolute Gasteiger partial charge is 0.370 e. The molecule has 2 saturated heterocycles. The minimum absolute atomic E-state index is 0.0746. The van der Waals surface area contributed by atoms with Gasteiger partial charge in [-0.1, -0.05) is 19.1 Å². The van der Waals surface area contributed by atoms with E-state index in [1.807, 2.05) is 18.7 Å². The molecule has 7 heteroatoms. The zero-order valence-electron chi connectivity index (χ0n) is 21.4. The number of carbonyl (C=O) groups excluding carboxylic acids is 1. The van der Waals surface area contributed by atoms with Crippen molar-refractivity contribution in [1.82, 2.24) is 20.1 Å². The van der Waals surface area contributed by atoms with Gasteiger partial charge in [0.15, 0.2) is 0 Å². The molecule has 0 unspecified atom stereocenters. The molecule has 0 spiro atoms. The Balaban J connectivity index is 1.46. The third kappa shape index (κ3) is 4.23. The number of benzene rings is 1. The van der Waals surface area contributed by atoms with E-state index in [1.165, 1.54) is 27.7 Å². The van der Waals surface area contributed by atoms with Gasteiger partial charge in [-0.2, -0.15) is 0 Å². The summed E-state index contributed by atoms with van der Waals surface area (Å²) in [6.45, 7) is 14.7. The van der Waals surface area contributed by atoms with Crippen LogP contribution < -0.4 is 5.32 Å². The van der Waals surface area contributed by atoms with Crippen LogP contribution in [0.25, 0.3) is 10.9 Å². The number of amides is 2. The van der Waals surface area contributed by atoms with Gasteiger partial charge >= 0.3 is 6.03 Å². The van der Waals surface area contributed by atoms with Crippen molar-refractivity contribution >= 4 is 16.9 Å². The number of likely N-dealkylation sites (tertiary alicyclic amines) is 1. The van der Waals surface area contributed by atoms with E-state index in [1.54, 1.807) is 0 Å². The number of H-pyrrole nitrogens is 1. The van der Waals surface area contributed by atoms with Crippen molar-refractivity contribution in [2.45, 2.75) is 58.2 Å². The van der Waals surface area contributed by atoms with E-state index >= 15 is 0 Å². The summed E-state index contributed by atoms with van der Waals surface area (Å²) in [6, 6.07) is 7.55. The van der Waals surface area contributed by atoms with E-state index in [2.05, 4.69) is 47.4 Å². The number of nitrogens with one attached hydrogen (secondary N) is 2. The van der Waals surface area contributed by atoms with Gasteiger partial charge in [0, 0.05) is 48.5 Å². The summed E-state index contributed by atoms with van der Waals surface area (Å²) in [5, 5.41) is 4.81. The molecule has 34 heavy (non-hydrogen) atoms. The number of urea groups is 1. The molecule has 1 aromatic heterocycles. The highest BCUT2D eigenvalue weighted by molar-refractivity contribution is 5.89. The SMILES string of the molecule is CCN(CC)C(=O)N[C@H]1C[C@@H]2c3cccc4[nH]c(C[N+]5(C)CCOCC5)c(c34)C[C@H]2N(CC)C1. The first-order valence-electron chi connectivity index (χ1n) is 13.3. The fourth-order valence-corrected chi connectivity index (χ4v) is 6.66. The fraction of sp³-hybridized carbons (Fsp3) is 0.667. The van der Waals surface area contributed by atoms with Crippen molar-refractivity contribution in [3.8, 4) is 0 Å². The van der Waals surface area contributed by atoms with Crippen LogP contribution in [0.4, 0.5) is 4.79 Å². The highest BCUT2D eigenvalue weighted by Gasteiger charge is 2.42. The molecule has 5 rings (SSSR count). The molecule has 2 fully saturated rings. The van der Waals surface area contributed by atoms with Crippen molar-refractivity contribution < 1.29 is 14.0 Å².